The number of benzene rings is 2. The number of halogens is 1. The van der Waals surface area contributed by atoms with E-state index in [1.54, 1.807) is 17.0 Å². The number of anilines is 1. The first kappa shape index (κ1) is 22.3. The predicted molar refractivity (Wildman–Crippen MR) is 124 cm³/mol. The van der Waals surface area contributed by atoms with Crippen molar-refractivity contribution < 1.29 is 14.4 Å². The second-order valence-corrected chi connectivity index (χ2v) is 8.55. The van der Waals surface area contributed by atoms with Crippen LogP contribution in [-0.2, 0) is 9.59 Å². The van der Waals surface area contributed by atoms with Crippen molar-refractivity contribution in [2.24, 2.45) is 5.92 Å². The largest absolute Gasteiger partial charge is 0.355 e. The molecule has 1 atom stereocenters. The van der Waals surface area contributed by atoms with E-state index in [9.17, 15) is 14.4 Å². The van der Waals surface area contributed by atoms with Crippen LogP contribution in [0.2, 0.25) is 5.02 Å². The first-order chi connectivity index (χ1) is 15.5. The smallest absolute Gasteiger partial charge is 0.255 e. The standard InChI is InChI=1S/C24H27ClN4O3/c25-21-9-5-4-8-20(21)24(32)28-14-12-27(13-15-28)11-10-26-23(31)18-16-22(30)29(17-18)19-6-2-1-3-7-19/h1-9,18H,10-17H2,(H,26,31). The molecule has 2 heterocycles. The highest BCUT2D eigenvalue weighted by atomic mass is 35.5. The molecule has 3 amide bonds. The fourth-order valence-electron chi connectivity index (χ4n) is 4.20. The van der Waals surface area contributed by atoms with E-state index in [0.29, 0.717) is 43.3 Å². The zero-order valence-electron chi connectivity index (χ0n) is 17.9. The fourth-order valence-corrected chi connectivity index (χ4v) is 4.42. The van der Waals surface area contributed by atoms with Crippen LogP contribution >= 0.6 is 11.6 Å². The Bertz CT molecular complexity index is 976. The predicted octanol–water partition coefficient (Wildman–Crippen LogP) is 2.27. The van der Waals surface area contributed by atoms with Crippen molar-refractivity contribution in [1.82, 2.24) is 15.1 Å². The summed E-state index contributed by atoms with van der Waals surface area (Å²) >= 11 is 6.15. The quantitative estimate of drug-likeness (QED) is 0.726. The summed E-state index contributed by atoms with van der Waals surface area (Å²) in [6.07, 6.45) is 0.240. The molecule has 0 spiro atoms. The van der Waals surface area contributed by atoms with Crippen LogP contribution < -0.4 is 10.2 Å². The van der Waals surface area contributed by atoms with E-state index < -0.39 is 0 Å². The highest BCUT2D eigenvalue weighted by molar-refractivity contribution is 6.33. The SMILES string of the molecule is O=C(NCCN1CCN(C(=O)c2ccccc2Cl)CC1)C1CC(=O)N(c2ccccc2)C1. The monoisotopic (exact) mass is 454 g/mol. The second-order valence-electron chi connectivity index (χ2n) is 8.15. The first-order valence-electron chi connectivity index (χ1n) is 10.9. The van der Waals surface area contributed by atoms with Crippen LogP contribution in [0.4, 0.5) is 5.69 Å². The van der Waals surface area contributed by atoms with Gasteiger partial charge in [-0.15, -0.1) is 0 Å². The van der Waals surface area contributed by atoms with Crippen molar-refractivity contribution >= 4 is 35.0 Å². The van der Waals surface area contributed by atoms with Crippen molar-refractivity contribution in [3.63, 3.8) is 0 Å². The van der Waals surface area contributed by atoms with Gasteiger partial charge in [0.1, 0.15) is 0 Å². The van der Waals surface area contributed by atoms with Crippen molar-refractivity contribution in [3.05, 3.63) is 65.2 Å². The summed E-state index contributed by atoms with van der Waals surface area (Å²) in [4.78, 5) is 43.3. The summed E-state index contributed by atoms with van der Waals surface area (Å²) in [6, 6.07) is 16.5. The van der Waals surface area contributed by atoms with Gasteiger partial charge in [-0.05, 0) is 24.3 Å². The van der Waals surface area contributed by atoms with Crippen LogP contribution in [0.15, 0.2) is 54.6 Å². The Morgan fingerprint density at radius 3 is 2.38 bits per heavy atom. The zero-order valence-corrected chi connectivity index (χ0v) is 18.6. The molecule has 2 aromatic carbocycles. The number of amides is 3. The van der Waals surface area contributed by atoms with E-state index in [4.69, 9.17) is 11.6 Å². The van der Waals surface area contributed by atoms with Crippen molar-refractivity contribution in [3.8, 4) is 0 Å². The highest BCUT2D eigenvalue weighted by Gasteiger charge is 2.35. The van der Waals surface area contributed by atoms with Crippen LogP contribution in [0, 0.1) is 5.92 Å². The molecule has 0 aliphatic carbocycles. The number of para-hydroxylation sites is 1. The highest BCUT2D eigenvalue weighted by Crippen LogP contribution is 2.24. The third kappa shape index (κ3) is 5.11. The molecule has 2 saturated heterocycles. The van der Waals surface area contributed by atoms with Gasteiger partial charge in [0.05, 0.1) is 16.5 Å². The van der Waals surface area contributed by atoms with E-state index in [0.717, 1.165) is 18.8 Å². The molecule has 7 nitrogen and oxygen atoms in total. The number of hydrogen-bond donors (Lipinski definition) is 1. The summed E-state index contributed by atoms with van der Waals surface area (Å²) in [5.74, 6) is -0.467. The van der Waals surface area contributed by atoms with Gasteiger partial charge >= 0.3 is 0 Å². The fraction of sp³-hybridized carbons (Fsp3) is 0.375. The third-order valence-electron chi connectivity index (χ3n) is 6.05. The molecule has 8 heteroatoms. The Labute approximate surface area is 192 Å². The van der Waals surface area contributed by atoms with E-state index in [1.165, 1.54) is 0 Å². The normalized spacial score (nSPS) is 19.3. The van der Waals surface area contributed by atoms with Crippen molar-refractivity contribution in [1.29, 1.82) is 0 Å². The van der Waals surface area contributed by atoms with E-state index in [-0.39, 0.29) is 30.1 Å². The van der Waals surface area contributed by atoms with Gasteiger partial charge in [0, 0.05) is 57.9 Å². The van der Waals surface area contributed by atoms with Gasteiger partial charge in [-0.1, -0.05) is 41.9 Å². The van der Waals surface area contributed by atoms with Crippen LogP contribution in [0.5, 0.6) is 0 Å². The average molecular weight is 455 g/mol. The maximum Gasteiger partial charge on any atom is 0.255 e. The lowest BCUT2D eigenvalue weighted by atomic mass is 10.1. The van der Waals surface area contributed by atoms with Crippen molar-refractivity contribution in [2.45, 2.75) is 6.42 Å². The minimum Gasteiger partial charge on any atom is -0.355 e. The molecule has 1 unspecified atom stereocenters. The van der Waals surface area contributed by atoms with Crippen LogP contribution in [0.25, 0.3) is 0 Å². The summed E-state index contributed by atoms with van der Waals surface area (Å²) in [6.45, 7) is 4.39. The van der Waals surface area contributed by atoms with Gasteiger partial charge in [0.15, 0.2) is 0 Å². The van der Waals surface area contributed by atoms with E-state index >= 15 is 0 Å². The molecular weight excluding hydrogens is 428 g/mol. The van der Waals surface area contributed by atoms with Gasteiger partial charge in [-0.2, -0.15) is 0 Å². The molecular formula is C24H27ClN4O3. The van der Waals surface area contributed by atoms with E-state index in [2.05, 4.69) is 10.2 Å². The van der Waals surface area contributed by atoms with Crippen LogP contribution in [-0.4, -0.2) is 73.3 Å². The molecule has 168 valence electrons. The Balaban J connectivity index is 1.19. The third-order valence-corrected chi connectivity index (χ3v) is 6.38. The van der Waals surface area contributed by atoms with Gasteiger partial charge in [-0.25, -0.2) is 0 Å². The lowest BCUT2D eigenvalue weighted by molar-refractivity contribution is -0.126. The molecule has 1 N–H and O–H groups in total. The topological polar surface area (TPSA) is 73.0 Å². The molecule has 32 heavy (non-hydrogen) atoms. The Hall–Kier alpha value is -2.90. The molecule has 0 radical (unpaired) electrons. The second kappa shape index (κ2) is 10.1. The van der Waals surface area contributed by atoms with Gasteiger partial charge < -0.3 is 15.1 Å². The van der Waals surface area contributed by atoms with E-state index in [1.807, 2.05) is 47.4 Å². The number of piperazine rings is 1. The van der Waals surface area contributed by atoms with Gasteiger partial charge in [0.25, 0.3) is 5.91 Å². The number of rotatable bonds is 6. The summed E-state index contributed by atoms with van der Waals surface area (Å²) in [7, 11) is 0. The molecule has 2 aromatic rings. The molecule has 2 fully saturated rings. The molecule has 4 rings (SSSR count). The number of nitrogens with one attached hydrogen (secondary N) is 1. The van der Waals surface area contributed by atoms with Gasteiger partial charge in [-0.3, -0.25) is 19.3 Å². The maximum atomic E-state index is 12.7. The summed E-state index contributed by atoms with van der Waals surface area (Å²) in [5, 5.41) is 3.45. The minimum atomic E-state index is -0.326. The number of carbonyl (C=O) groups excluding carboxylic acids is 3. The van der Waals surface area contributed by atoms with Crippen LogP contribution in [0.3, 0.4) is 0 Å². The lowest BCUT2D eigenvalue weighted by Gasteiger charge is -2.35. The molecule has 2 aliphatic heterocycles. The molecule has 0 saturated carbocycles. The lowest BCUT2D eigenvalue weighted by Crippen LogP contribution is -2.50. The number of carbonyl (C=O) groups is 3. The summed E-state index contributed by atoms with van der Waals surface area (Å²) in [5.41, 5.74) is 1.36. The minimum absolute atomic E-state index is 0.0179. The molecule has 0 bridgehead atoms. The Kier molecular flexibility index (Phi) is 7.07. The Morgan fingerprint density at radius 2 is 1.66 bits per heavy atom. The zero-order chi connectivity index (χ0) is 22.5. The number of nitrogens with zero attached hydrogens (tertiary/aromatic N) is 3. The maximum absolute atomic E-state index is 12.7. The Morgan fingerprint density at radius 1 is 0.969 bits per heavy atom. The number of hydrogen-bond acceptors (Lipinski definition) is 4. The van der Waals surface area contributed by atoms with Crippen LogP contribution in [0.1, 0.15) is 16.8 Å². The first-order valence-corrected chi connectivity index (χ1v) is 11.3. The molecule has 0 aromatic heterocycles. The summed E-state index contributed by atoms with van der Waals surface area (Å²) < 4.78 is 0. The van der Waals surface area contributed by atoms with Gasteiger partial charge in [0.2, 0.25) is 11.8 Å². The molecule has 2 aliphatic rings. The van der Waals surface area contributed by atoms with Crippen molar-refractivity contribution in [2.75, 3.05) is 50.7 Å². The average Bonchev–Trinajstić information content (AvgIpc) is 3.22.